The number of nitrogens with one attached hydrogen (secondary N) is 2. The van der Waals surface area contributed by atoms with E-state index in [0.717, 1.165) is 51.7 Å². The Morgan fingerprint density at radius 3 is 2.64 bits per heavy atom. The van der Waals surface area contributed by atoms with Crippen LogP contribution in [0.3, 0.4) is 0 Å². The number of aliphatic hydroxyl groups is 1. The summed E-state index contributed by atoms with van der Waals surface area (Å²) in [5.74, 6) is 2.71. The summed E-state index contributed by atoms with van der Waals surface area (Å²) in [6, 6.07) is 14.2. The SMILES string of the molecule is Cc1cc(Nc2cc(N3CC(O)(C4CC4)C3)nc(Sc3ccc4nc(C)ccc4c3)n2)[nH]n1. The minimum absolute atomic E-state index is 0.435. The van der Waals surface area contributed by atoms with Gasteiger partial charge in [0.1, 0.15) is 23.1 Å². The van der Waals surface area contributed by atoms with Crippen molar-refractivity contribution >= 4 is 40.1 Å². The zero-order valence-corrected chi connectivity index (χ0v) is 19.4. The van der Waals surface area contributed by atoms with Crippen molar-refractivity contribution in [3.63, 3.8) is 0 Å². The number of pyridine rings is 1. The van der Waals surface area contributed by atoms with Crippen LogP contribution in [0.25, 0.3) is 10.9 Å². The van der Waals surface area contributed by atoms with E-state index in [1.807, 2.05) is 38.1 Å². The number of fused-ring (bicyclic) bond motifs is 1. The van der Waals surface area contributed by atoms with Gasteiger partial charge in [0.05, 0.1) is 24.3 Å². The topological polar surface area (TPSA) is 103 Å². The first-order valence-corrected chi connectivity index (χ1v) is 12.0. The van der Waals surface area contributed by atoms with Gasteiger partial charge in [0, 0.05) is 28.1 Å². The molecule has 168 valence electrons. The average Bonchev–Trinajstić information content (AvgIpc) is 3.54. The molecule has 2 fully saturated rings. The smallest absolute Gasteiger partial charge is 0.196 e. The standard InChI is InChI=1S/C24H25N7OS/c1-14-3-4-16-10-18(7-8-19(16)25-14)33-23-27-20(26-21-9-15(2)29-30-21)11-22(28-23)31-12-24(32,13-31)17-5-6-17/h3-4,7-11,17,32H,5-6,12-13H2,1-2H3,(H2,26,27,28,29,30). The summed E-state index contributed by atoms with van der Waals surface area (Å²) in [6.45, 7) is 5.16. The molecule has 2 aliphatic rings. The molecule has 33 heavy (non-hydrogen) atoms. The zero-order valence-electron chi connectivity index (χ0n) is 18.5. The number of nitrogens with zero attached hydrogens (tertiary/aromatic N) is 5. The van der Waals surface area contributed by atoms with Crippen molar-refractivity contribution in [2.24, 2.45) is 5.92 Å². The lowest BCUT2D eigenvalue weighted by atomic mass is 9.89. The molecule has 9 heteroatoms. The van der Waals surface area contributed by atoms with Crippen molar-refractivity contribution in [3.05, 3.63) is 53.9 Å². The third kappa shape index (κ3) is 4.14. The highest BCUT2D eigenvalue weighted by Gasteiger charge is 2.52. The fourth-order valence-electron chi connectivity index (χ4n) is 4.34. The molecule has 4 aromatic rings. The number of benzene rings is 1. The van der Waals surface area contributed by atoms with Gasteiger partial charge in [-0.3, -0.25) is 10.1 Å². The van der Waals surface area contributed by atoms with Gasteiger partial charge in [-0.1, -0.05) is 6.07 Å². The molecule has 0 spiro atoms. The summed E-state index contributed by atoms with van der Waals surface area (Å²) >= 11 is 1.52. The van der Waals surface area contributed by atoms with Crippen LogP contribution in [-0.2, 0) is 0 Å². The number of rotatable bonds is 6. The van der Waals surface area contributed by atoms with E-state index >= 15 is 0 Å². The second-order valence-corrected chi connectivity index (χ2v) is 10.1. The van der Waals surface area contributed by atoms with Crippen LogP contribution in [0.4, 0.5) is 17.5 Å². The van der Waals surface area contributed by atoms with E-state index in [4.69, 9.17) is 9.97 Å². The van der Waals surface area contributed by atoms with Gasteiger partial charge in [0.15, 0.2) is 5.16 Å². The molecule has 8 nitrogen and oxygen atoms in total. The van der Waals surface area contributed by atoms with E-state index in [1.54, 1.807) is 0 Å². The summed E-state index contributed by atoms with van der Waals surface area (Å²) < 4.78 is 0. The van der Waals surface area contributed by atoms with Crippen molar-refractivity contribution in [1.29, 1.82) is 0 Å². The minimum Gasteiger partial charge on any atom is -0.386 e. The van der Waals surface area contributed by atoms with Crippen LogP contribution in [0.15, 0.2) is 52.5 Å². The van der Waals surface area contributed by atoms with Crippen molar-refractivity contribution < 1.29 is 5.11 Å². The molecule has 3 aromatic heterocycles. The molecule has 1 saturated carbocycles. The predicted octanol–water partition coefficient (Wildman–Crippen LogP) is 4.22. The number of aryl methyl sites for hydroxylation is 2. The number of anilines is 3. The summed E-state index contributed by atoms with van der Waals surface area (Å²) in [7, 11) is 0. The minimum atomic E-state index is -0.574. The van der Waals surface area contributed by atoms with Gasteiger partial charge in [-0.05, 0) is 68.6 Å². The van der Waals surface area contributed by atoms with E-state index in [9.17, 15) is 5.11 Å². The van der Waals surface area contributed by atoms with Crippen LogP contribution in [-0.4, -0.2) is 48.9 Å². The van der Waals surface area contributed by atoms with E-state index < -0.39 is 5.60 Å². The van der Waals surface area contributed by atoms with Gasteiger partial charge in [0.25, 0.3) is 0 Å². The normalized spacial score (nSPS) is 17.2. The van der Waals surface area contributed by atoms with Crippen LogP contribution < -0.4 is 10.2 Å². The molecule has 0 amide bonds. The molecule has 0 unspecified atom stereocenters. The highest BCUT2D eigenvalue weighted by molar-refractivity contribution is 7.99. The molecule has 0 bridgehead atoms. The molecule has 4 heterocycles. The van der Waals surface area contributed by atoms with Gasteiger partial charge < -0.3 is 15.3 Å². The third-order valence-electron chi connectivity index (χ3n) is 6.26. The van der Waals surface area contributed by atoms with Gasteiger partial charge in [0.2, 0.25) is 0 Å². The summed E-state index contributed by atoms with van der Waals surface area (Å²) in [5.41, 5.74) is 2.31. The third-order valence-corrected chi connectivity index (χ3v) is 7.12. The maximum absolute atomic E-state index is 10.8. The van der Waals surface area contributed by atoms with Gasteiger partial charge >= 0.3 is 0 Å². The van der Waals surface area contributed by atoms with E-state index in [0.29, 0.717) is 30.0 Å². The van der Waals surface area contributed by atoms with Crippen LogP contribution >= 0.6 is 11.8 Å². The van der Waals surface area contributed by atoms with E-state index in [-0.39, 0.29) is 0 Å². The number of hydrogen-bond acceptors (Lipinski definition) is 8. The van der Waals surface area contributed by atoms with Crippen molar-refractivity contribution in [2.75, 3.05) is 23.3 Å². The monoisotopic (exact) mass is 459 g/mol. The summed E-state index contributed by atoms with van der Waals surface area (Å²) in [6.07, 6.45) is 2.25. The number of hydrogen-bond donors (Lipinski definition) is 3. The van der Waals surface area contributed by atoms with Gasteiger partial charge in [-0.2, -0.15) is 5.10 Å². The Morgan fingerprint density at radius 1 is 1.03 bits per heavy atom. The van der Waals surface area contributed by atoms with Crippen molar-refractivity contribution in [2.45, 2.75) is 42.3 Å². The van der Waals surface area contributed by atoms with Crippen LogP contribution in [0, 0.1) is 19.8 Å². The number of β-amino-alcohol motifs (C(OH)–C–C–N with tert-alkyl or cyclic N) is 1. The van der Waals surface area contributed by atoms with Crippen LogP contribution in [0.2, 0.25) is 0 Å². The lowest BCUT2D eigenvalue weighted by molar-refractivity contribution is -0.00980. The largest absolute Gasteiger partial charge is 0.386 e. The molecule has 1 aromatic carbocycles. The Morgan fingerprint density at radius 2 is 1.88 bits per heavy atom. The zero-order chi connectivity index (χ0) is 22.6. The number of aromatic amines is 1. The first-order chi connectivity index (χ1) is 15.9. The molecule has 3 N–H and O–H groups in total. The maximum Gasteiger partial charge on any atom is 0.196 e. The van der Waals surface area contributed by atoms with Crippen LogP contribution in [0.1, 0.15) is 24.2 Å². The second-order valence-electron chi connectivity index (χ2n) is 9.09. The highest BCUT2D eigenvalue weighted by atomic mass is 32.2. The maximum atomic E-state index is 10.8. The highest BCUT2D eigenvalue weighted by Crippen LogP contribution is 2.45. The first kappa shape index (κ1) is 20.4. The lowest BCUT2D eigenvalue weighted by Crippen LogP contribution is -2.63. The lowest BCUT2D eigenvalue weighted by Gasteiger charge is -2.47. The Bertz CT molecular complexity index is 1340. The van der Waals surface area contributed by atoms with E-state index in [2.05, 4.69) is 43.6 Å². The summed E-state index contributed by atoms with van der Waals surface area (Å²) in [4.78, 5) is 17.3. The van der Waals surface area contributed by atoms with Gasteiger partial charge in [-0.15, -0.1) is 0 Å². The fourth-order valence-corrected chi connectivity index (χ4v) is 5.15. The van der Waals surface area contributed by atoms with E-state index in [1.165, 1.54) is 11.8 Å². The second kappa shape index (κ2) is 7.71. The first-order valence-electron chi connectivity index (χ1n) is 11.1. The number of H-pyrrole nitrogens is 1. The quantitative estimate of drug-likeness (QED) is 0.368. The molecule has 6 rings (SSSR count). The molecular weight excluding hydrogens is 434 g/mol. The Labute approximate surface area is 195 Å². The average molecular weight is 460 g/mol. The molecule has 0 radical (unpaired) electrons. The summed E-state index contributed by atoms with van der Waals surface area (Å²) in [5, 5.41) is 23.0. The van der Waals surface area contributed by atoms with Crippen LogP contribution in [0.5, 0.6) is 0 Å². The fraction of sp³-hybridized carbons (Fsp3) is 0.333. The molecular formula is C24H25N7OS. The number of aromatic nitrogens is 5. The van der Waals surface area contributed by atoms with Crippen molar-refractivity contribution in [3.8, 4) is 0 Å². The molecule has 1 saturated heterocycles. The Kier molecular flexibility index (Phi) is 4.77. The Balaban J connectivity index is 1.30. The van der Waals surface area contributed by atoms with Crippen molar-refractivity contribution in [1.82, 2.24) is 25.1 Å². The molecule has 1 aliphatic carbocycles. The molecule has 1 aliphatic heterocycles. The molecule has 0 atom stereocenters. The Hall–Kier alpha value is -3.17. The predicted molar refractivity (Wildman–Crippen MR) is 129 cm³/mol. The van der Waals surface area contributed by atoms with Gasteiger partial charge in [-0.25, -0.2) is 9.97 Å².